The predicted octanol–water partition coefficient (Wildman–Crippen LogP) is 1.57. The molecular formula is C14H21N3O2. The van der Waals surface area contributed by atoms with Crippen molar-refractivity contribution in [1.82, 2.24) is 5.32 Å². The van der Waals surface area contributed by atoms with E-state index in [0.29, 0.717) is 19.4 Å². The molecule has 0 saturated carbocycles. The second-order valence-electron chi connectivity index (χ2n) is 4.56. The molecule has 0 aliphatic heterocycles. The first-order valence-corrected chi connectivity index (χ1v) is 6.40. The van der Waals surface area contributed by atoms with E-state index in [0.717, 1.165) is 24.0 Å². The Kier molecular flexibility index (Phi) is 6.43. The van der Waals surface area contributed by atoms with Crippen LogP contribution in [0.15, 0.2) is 29.4 Å². The number of aryl methyl sites for hydroxylation is 1. The molecule has 0 radical (unpaired) electrons. The lowest BCUT2D eigenvalue weighted by atomic mass is 10.1. The molecule has 0 fully saturated rings. The Balaban J connectivity index is 2.18. The van der Waals surface area contributed by atoms with Crippen LogP contribution < -0.4 is 11.1 Å². The number of hydrogen-bond acceptors (Lipinski definition) is 3. The number of carbonyl (C=O) groups is 1. The van der Waals surface area contributed by atoms with E-state index in [2.05, 4.69) is 10.5 Å². The van der Waals surface area contributed by atoms with Gasteiger partial charge in [-0.05, 0) is 25.3 Å². The van der Waals surface area contributed by atoms with E-state index in [1.807, 2.05) is 31.2 Å². The summed E-state index contributed by atoms with van der Waals surface area (Å²) < 4.78 is 0. The highest BCUT2D eigenvalue weighted by Gasteiger charge is 2.02. The Morgan fingerprint density at radius 1 is 1.42 bits per heavy atom. The summed E-state index contributed by atoms with van der Waals surface area (Å²) in [7, 11) is 0. The standard InChI is InChI=1S/C14H21N3O2/c1-11-5-4-6-12(9-11)10-14(18)16-8-3-2-7-13(15)17-19/h4-6,9,19H,2-3,7-8,10H2,1H3,(H2,15,17)(H,16,18). The molecule has 1 aromatic carbocycles. The highest BCUT2D eigenvalue weighted by molar-refractivity contribution is 5.79. The lowest BCUT2D eigenvalue weighted by Gasteiger charge is -2.05. The fraction of sp³-hybridized carbons (Fsp3) is 0.429. The minimum atomic E-state index is 0.0226. The van der Waals surface area contributed by atoms with Crippen molar-refractivity contribution in [2.24, 2.45) is 10.9 Å². The van der Waals surface area contributed by atoms with Crippen molar-refractivity contribution < 1.29 is 10.0 Å². The maximum Gasteiger partial charge on any atom is 0.224 e. The fourth-order valence-electron chi connectivity index (χ4n) is 1.78. The number of amidine groups is 1. The highest BCUT2D eigenvalue weighted by atomic mass is 16.4. The minimum absolute atomic E-state index is 0.0226. The maximum absolute atomic E-state index is 11.7. The Hall–Kier alpha value is -2.04. The van der Waals surface area contributed by atoms with Gasteiger partial charge in [-0.3, -0.25) is 4.79 Å². The molecule has 0 aliphatic rings. The molecule has 0 heterocycles. The summed E-state index contributed by atoms with van der Waals surface area (Å²) in [6, 6.07) is 7.92. The first-order valence-electron chi connectivity index (χ1n) is 6.40. The number of nitrogens with one attached hydrogen (secondary N) is 1. The molecule has 5 heteroatoms. The number of hydrogen-bond donors (Lipinski definition) is 3. The fourth-order valence-corrected chi connectivity index (χ4v) is 1.78. The van der Waals surface area contributed by atoms with Gasteiger partial charge in [-0.25, -0.2) is 0 Å². The molecule has 0 aromatic heterocycles. The number of rotatable bonds is 7. The quantitative estimate of drug-likeness (QED) is 0.229. The van der Waals surface area contributed by atoms with E-state index in [4.69, 9.17) is 10.9 Å². The molecule has 0 unspecified atom stereocenters. The third kappa shape index (κ3) is 6.45. The van der Waals surface area contributed by atoms with Gasteiger partial charge in [-0.2, -0.15) is 0 Å². The number of amides is 1. The van der Waals surface area contributed by atoms with Crippen LogP contribution in [-0.2, 0) is 11.2 Å². The van der Waals surface area contributed by atoms with E-state index in [-0.39, 0.29) is 11.7 Å². The van der Waals surface area contributed by atoms with Gasteiger partial charge in [-0.1, -0.05) is 35.0 Å². The maximum atomic E-state index is 11.7. The Morgan fingerprint density at radius 2 is 2.21 bits per heavy atom. The van der Waals surface area contributed by atoms with Crippen LogP contribution in [0.2, 0.25) is 0 Å². The molecule has 5 nitrogen and oxygen atoms in total. The van der Waals surface area contributed by atoms with Gasteiger partial charge < -0.3 is 16.3 Å². The van der Waals surface area contributed by atoms with E-state index in [9.17, 15) is 4.79 Å². The molecule has 0 atom stereocenters. The average molecular weight is 263 g/mol. The Morgan fingerprint density at radius 3 is 2.89 bits per heavy atom. The van der Waals surface area contributed by atoms with Gasteiger partial charge in [0, 0.05) is 13.0 Å². The second kappa shape index (κ2) is 8.13. The van der Waals surface area contributed by atoms with Crippen LogP contribution in [0.4, 0.5) is 0 Å². The summed E-state index contributed by atoms with van der Waals surface area (Å²) in [5, 5.41) is 14.1. The van der Waals surface area contributed by atoms with E-state index in [1.54, 1.807) is 0 Å². The molecule has 1 rings (SSSR count). The zero-order valence-electron chi connectivity index (χ0n) is 11.2. The van der Waals surface area contributed by atoms with Crippen molar-refractivity contribution in [3.63, 3.8) is 0 Å². The van der Waals surface area contributed by atoms with Gasteiger partial charge in [0.05, 0.1) is 6.42 Å². The number of nitrogens with zero attached hydrogens (tertiary/aromatic N) is 1. The van der Waals surface area contributed by atoms with Crippen molar-refractivity contribution in [3.05, 3.63) is 35.4 Å². The lowest BCUT2D eigenvalue weighted by Crippen LogP contribution is -2.26. The van der Waals surface area contributed by atoms with Crippen LogP contribution in [-0.4, -0.2) is 23.5 Å². The smallest absolute Gasteiger partial charge is 0.224 e. The van der Waals surface area contributed by atoms with E-state index < -0.39 is 0 Å². The summed E-state index contributed by atoms with van der Waals surface area (Å²) in [6.45, 7) is 2.62. The third-order valence-corrected chi connectivity index (χ3v) is 2.76. The molecule has 0 aliphatic carbocycles. The minimum Gasteiger partial charge on any atom is -0.409 e. The summed E-state index contributed by atoms with van der Waals surface area (Å²) in [6.07, 6.45) is 2.56. The Labute approximate surface area is 113 Å². The SMILES string of the molecule is Cc1cccc(CC(=O)NCCCCC(N)=NO)c1. The first kappa shape index (κ1) is 15.0. The topological polar surface area (TPSA) is 87.7 Å². The number of benzene rings is 1. The van der Waals surface area contributed by atoms with Crippen LogP contribution in [0, 0.1) is 6.92 Å². The zero-order chi connectivity index (χ0) is 14.1. The second-order valence-corrected chi connectivity index (χ2v) is 4.56. The van der Waals surface area contributed by atoms with Crippen molar-refractivity contribution >= 4 is 11.7 Å². The van der Waals surface area contributed by atoms with Gasteiger partial charge in [0.2, 0.25) is 5.91 Å². The van der Waals surface area contributed by atoms with Gasteiger partial charge in [0.15, 0.2) is 0 Å². The van der Waals surface area contributed by atoms with Crippen LogP contribution in [0.5, 0.6) is 0 Å². The first-order chi connectivity index (χ1) is 9.11. The molecule has 1 amide bonds. The van der Waals surface area contributed by atoms with E-state index in [1.165, 1.54) is 0 Å². The van der Waals surface area contributed by atoms with Gasteiger partial charge in [0.1, 0.15) is 5.84 Å². The van der Waals surface area contributed by atoms with Crippen molar-refractivity contribution in [1.29, 1.82) is 0 Å². The zero-order valence-corrected chi connectivity index (χ0v) is 11.2. The number of carbonyl (C=O) groups excluding carboxylic acids is 1. The van der Waals surface area contributed by atoms with Crippen molar-refractivity contribution in [2.45, 2.75) is 32.6 Å². The summed E-state index contributed by atoms with van der Waals surface area (Å²) in [5.74, 6) is 0.250. The van der Waals surface area contributed by atoms with Gasteiger partial charge in [-0.15, -0.1) is 0 Å². The molecule has 1 aromatic rings. The highest BCUT2D eigenvalue weighted by Crippen LogP contribution is 2.04. The van der Waals surface area contributed by atoms with E-state index >= 15 is 0 Å². The number of nitrogens with two attached hydrogens (primary N) is 1. The average Bonchev–Trinajstić information content (AvgIpc) is 2.38. The molecular weight excluding hydrogens is 242 g/mol. The Bertz CT molecular complexity index is 444. The predicted molar refractivity (Wildman–Crippen MR) is 75.2 cm³/mol. The van der Waals surface area contributed by atoms with Gasteiger partial charge >= 0.3 is 0 Å². The third-order valence-electron chi connectivity index (χ3n) is 2.76. The molecule has 4 N–H and O–H groups in total. The normalized spacial score (nSPS) is 11.3. The molecule has 104 valence electrons. The largest absolute Gasteiger partial charge is 0.409 e. The van der Waals surface area contributed by atoms with Crippen LogP contribution >= 0.6 is 0 Å². The molecule has 0 spiro atoms. The van der Waals surface area contributed by atoms with Crippen molar-refractivity contribution in [3.8, 4) is 0 Å². The van der Waals surface area contributed by atoms with Gasteiger partial charge in [0.25, 0.3) is 0 Å². The summed E-state index contributed by atoms with van der Waals surface area (Å²) in [4.78, 5) is 11.7. The lowest BCUT2D eigenvalue weighted by molar-refractivity contribution is -0.120. The number of unbranched alkanes of at least 4 members (excludes halogenated alkanes) is 1. The van der Waals surface area contributed by atoms with Crippen LogP contribution in [0.25, 0.3) is 0 Å². The molecule has 0 saturated heterocycles. The monoisotopic (exact) mass is 263 g/mol. The summed E-state index contributed by atoms with van der Waals surface area (Å²) in [5.41, 5.74) is 7.52. The summed E-state index contributed by atoms with van der Waals surface area (Å²) >= 11 is 0. The molecule has 0 bridgehead atoms. The van der Waals surface area contributed by atoms with Crippen LogP contribution in [0.3, 0.4) is 0 Å². The van der Waals surface area contributed by atoms with Crippen molar-refractivity contribution in [2.75, 3.05) is 6.54 Å². The van der Waals surface area contributed by atoms with Crippen LogP contribution in [0.1, 0.15) is 30.4 Å². The number of oxime groups is 1. The molecule has 19 heavy (non-hydrogen) atoms.